The predicted octanol–water partition coefficient (Wildman–Crippen LogP) is 1.30. The van der Waals surface area contributed by atoms with Crippen molar-refractivity contribution in [3.05, 3.63) is 17.8 Å². The van der Waals surface area contributed by atoms with Gasteiger partial charge in [-0.1, -0.05) is 25.7 Å². The van der Waals surface area contributed by atoms with E-state index in [1.54, 1.807) is 12.1 Å². The molecule has 0 unspecified atom stereocenters. The van der Waals surface area contributed by atoms with Gasteiger partial charge in [0.05, 0.1) is 0 Å². The highest BCUT2D eigenvalue weighted by Gasteiger charge is 2.10. The van der Waals surface area contributed by atoms with Crippen molar-refractivity contribution in [1.29, 1.82) is 0 Å². The molecule has 1 amide bonds. The van der Waals surface area contributed by atoms with Crippen molar-refractivity contribution in [3.8, 4) is 0 Å². The average Bonchev–Trinajstić information content (AvgIpc) is 2.73. The highest BCUT2D eigenvalue weighted by molar-refractivity contribution is 5.90. The van der Waals surface area contributed by atoms with Crippen LogP contribution in [-0.4, -0.2) is 35.2 Å². The number of nitrogens with two attached hydrogens (primary N) is 1. The van der Waals surface area contributed by atoms with Crippen LogP contribution in [0.25, 0.3) is 0 Å². The first-order chi connectivity index (χ1) is 9.75. The van der Waals surface area contributed by atoms with Gasteiger partial charge < -0.3 is 16.4 Å². The van der Waals surface area contributed by atoms with E-state index in [0.29, 0.717) is 11.9 Å². The maximum Gasteiger partial charge on any atom is 0.269 e. The number of carbonyl (C=O) groups excluding carboxylic acids is 1. The van der Waals surface area contributed by atoms with Gasteiger partial charge in [-0.3, -0.25) is 4.79 Å². The van der Waals surface area contributed by atoms with Crippen molar-refractivity contribution in [2.45, 2.75) is 44.6 Å². The maximum atomic E-state index is 10.9. The Morgan fingerprint density at radius 2 is 1.90 bits per heavy atom. The number of hydrogen-bond donors (Lipinski definition) is 3. The topological polar surface area (TPSA) is 92.9 Å². The largest absolute Gasteiger partial charge is 0.367 e. The smallest absolute Gasteiger partial charge is 0.269 e. The minimum Gasteiger partial charge on any atom is -0.367 e. The first kappa shape index (κ1) is 14.7. The van der Waals surface area contributed by atoms with Gasteiger partial charge in [-0.25, -0.2) is 0 Å². The van der Waals surface area contributed by atoms with E-state index in [0.717, 1.165) is 13.1 Å². The summed E-state index contributed by atoms with van der Waals surface area (Å²) in [6, 6.07) is 3.96. The Morgan fingerprint density at radius 3 is 2.50 bits per heavy atom. The van der Waals surface area contributed by atoms with Crippen molar-refractivity contribution in [1.82, 2.24) is 15.5 Å². The third-order valence-electron chi connectivity index (χ3n) is 3.64. The molecule has 1 aliphatic rings. The molecule has 1 aromatic rings. The zero-order valence-corrected chi connectivity index (χ0v) is 11.8. The van der Waals surface area contributed by atoms with Crippen LogP contribution in [-0.2, 0) is 0 Å². The molecule has 0 aromatic carbocycles. The second-order valence-corrected chi connectivity index (χ2v) is 5.24. The molecule has 0 saturated heterocycles. The third-order valence-corrected chi connectivity index (χ3v) is 3.64. The van der Waals surface area contributed by atoms with Crippen LogP contribution in [0, 0.1) is 0 Å². The predicted molar refractivity (Wildman–Crippen MR) is 78.5 cm³/mol. The fourth-order valence-corrected chi connectivity index (χ4v) is 2.51. The van der Waals surface area contributed by atoms with Gasteiger partial charge in [0.1, 0.15) is 5.82 Å². The van der Waals surface area contributed by atoms with Crippen LogP contribution in [0.4, 0.5) is 5.82 Å². The van der Waals surface area contributed by atoms with E-state index >= 15 is 0 Å². The van der Waals surface area contributed by atoms with E-state index < -0.39 is 5.91 Å². The SMILES string of the molecule is NC(=O)c1ccc(NCCNC2CCCCCC2)nn1. The number of primary amides is 1. The van der Waals surface area contributed by atoms with Crippen LogP contribution >= 0.6 is 0 Å². The summed E-state index contributed by atoms with van der Waals surface area (Å²) in [6.07, 6.45) is 7.99. The molecule has 0 bridgehead atoms. The molecule has 2 rings (SSSR count). The van der Waals surface area contributed by atoms with E-state index in [1.165, 1.54) is 38.5 Å². The van der Waals surface area contributed by atoms with Crippen molar-refractivity contribution < 1.29 is 4.79 Å². The van der Waals surface area contributed by atoms with E-state index in [-0.39, 0.29) is 5.69 Å². The number of carbonyl (C=O) groups is 1. The molecule has 1 aromatic heterocycles. The van der Waals surface area contributed by atoms with Gasteiger partial charge in [0.15, 0.2) is 5.69 Å². The Bertz CT molecular complexity index is 412. The molecule has 0 spiro atoms. The summed E-state index contributed by atoms with van der Waals surface area (Å²) >= 11 is 0. The van der Waals surface area contributed by atoms with Crippen molar-refractivity contribution in [3.63, 3.8) is 0 Å². The standard InChI is InChI=1S/C14H23N5O/c15-14(20)12-7-8-13(19-18-12)17-10-9-16-11-5-3-1-2-4-6-11/h7-8,11,16H,1-6,9-10H2,(H2,15,20)(H,17,19). The molecule has 1 aliphatic carbocycles. The fourth-order valence-electron chi connectivity index (χ4n) is 2.51. The van der Waals surface area contributed by atoms with Gasteiger partial charge >= 0.3 is 0 Å². The Kier molecular flexibility index (Phi) is 5.73. The van der Waals surface area contributed by atoms with Crippen LogP contribution in [0.15, 0.2) is 12.1 Å². The summed E-state index contributed by atoms with van der Waals surface area (Å²) in [5.41, 5.74) is 5.30. The number of nitrogens with one attached hydrogen (secondary N) is 2. The number of aromatic nitrogens is 2. The summed E-state index contributed by atoms with van der Waals surface area (Å²) in [6.45, 7) is 1.70. The molecule has 0 atom stereocenters. The normalized spacial score (nSPS) is 16.6. The first-order valence-corrected chi connectivity index (χ1v) is 7.36. The van der Waals surface area contributed by atoms with Crippen molar-refractivity contribution in [2.75, 3.05) is 18.4 Å². The Labute approximate surface area is 119 Å². The fraction of sp³-hybridized carbons (Fsp3) is 0.643. The summed E-state index contributed by atoms with van der Waals surface area (Å²) in [7, 11) is 0. The third kappa shape index (κ3) is 4.77. The van der Waals surface area contributed by atoms with Crippen LogP contribution in [0.1, 0.15) is 49.0 Å². The lowest BCUT2D eigenvalue weighted by Crippen LogP contribution is -2.32. The number of nitrogens with zero attached hydrogens (tertiary/aromatic N) is 2. The van der Waals surface area contributed by atoms with Crippen molar-refractivity contribution >= 4 is 11.7 Å². The summed E-state index contributed by atoms with van der Waals surface area (Å²) in [5.74, 6) is 0.108. The van der Waals surface area contributed by atoms with Gasteiger partial charge in [-0.05, 0) is 25.0 Å². The summed E-state index contributed by atoms with van der Waals surface area (Å²) in [5, 5.41) is 14.4. The minimum absolute atomic E-state index is 0.187. The Balaban J connectivity index is 1.66. The molecular weight excluding hydrogens is 254 g/mol. The summed E-state index contributed by atoms with van der Waals surface area (Å²) in [4.78, 5) is 10.9. The highest BCUT2D eigenvalue weighted by atomic mass is 16.1. The number of hydrogen-bond acceptors (Lipinski definition) is 5. The van der Waals surface area contributed by atoms with Crippen LogP contribution in [0.2, 0.25) is 0 Å². The van der Waals surface area contributed by atoms with Gasteiger partial charge in [0.25, 0.3) is 5.91 Å². The zero-order chi connectivity index (χ0) is 14.2. The quantitative estimate of drug-likeness (QED) is 0.538. The number of anilines is 1. The van der Waals surface area contributed by atoms with E-state index in [4.69, 9.17) is 5.73 Å². The maximum absolute atomic E-state index is 10.9. The molecule has 0 radical (unpaired) electrons. The number of rotatable bonds is 6. The van der Waals surface area contributed by atoms with Gasteiger partial charge in [-0.2, -0.15) is 0 Å². The monoisotopic (exact) mass is 277 g/mol. The number of amides is 1. The second-order valence-electron chi connectivity index (χ2n) is 5.24. The van der Waals surface area contributed by atoms with Gasteiger partial charge in [-0.15, -0.1) is 10.2 Å². The van der Waals surface area contributed by atoms with Gasteiger partial charge in [0, 0.05) is 19.1 Å². The van der Waals surface area contributed by atoms with Crippen LogP contribution in [0.3, 0.4) is 0 Å². The molecule has 6 heteroatoms. The lowest BCUT2D eigenvalue weighted by atomic mass is 10.1. The van der Waals surface area contributed by atoms with E-state index in [1.807, 2.05) is 0 Å². The Hall–Kier alpha value is -1.69. The molecule has 110 valence electrons. The summed E-state index contributed by atoms with van der Waals surface area (Å²) < 4.78 is 0. The molecule has 1 heterocycles. The minimum atomic E-state index is -0.556. The Morgan fingerprint density at radius 1 is 1.15 bits per heavy atom. The molecule has 1 fully saturated rings. The molecular formula is C14H23N5O. The molecule has 6 nitrogen and oxygen atoms in total. The van der Waals surface area contributed by atoms with Crippen LogP contribution < -0.4 is 16.4 Å². The molecule has 4 N–H and O–H groups in total. The van der Waals surface area contributed by atoms with E-state index in [2.05, 4.69) is 20.8 Å². The van der Waals surface area contributed by atoms with Crippen LogP contribution in [0.5, 0.6) is 0 Å². The highest BCUT2D eigenvalue weighted by Crippen LogP contribution is 2.16. The van der Waals surface area contributed by atoms with Crippen molar-refractivity contribution in [2.24, 2.45) is 5.73 Å². The molecule has 1 saturated carbocycles. The van der Waals surface area contributed by atoms with Gasteiger partial charge in [0.2, 0.25) is 0 Å². The zero-order valence-electron chi connectivity index (χ0n) is 11.8. The lowest BCUT2D eigenvalue weighted by molar-refractivity contribution is 0.0994. The molecule has 20 heavy (non-hydrogen) atoms. The lowest BCUT2D eigenvalue weighted by Gasteiger charge is -2.16. The molecule has 0 aliphatic heterocycles. The first-order valence-electron chi connectivity index (χ1n) is 7.36. The second kappa shape index (κ2) is 7.79. The average molecular weight is 277 g/mol. The van der Waals surface area contributed by atoms with E-state index in [9.17, 15) is 4.79 Å².